The number of nitrogens with two attached hydrogens (primary N) is 10. The van der Waals surface area contributed by atoms with E-state index in [0.717, 1.165) is 17.2 Å². The summed E-state index contributed by atoms with van der Waals surface area (Å²) in [5.41, 5.74) is 62.6. The number of anilines is 10. The SMILES string of the molecule is Nc1ccc(Oc2ccc(S(=O)(=O)c3ccc(Oc4ccc(N)cc4)cc3)cc2)cc1.Nc1ccc(Oc2cccc(N)c2)cc1.Nc1cccc(Oc2ccc(S(=O)(=O)c3ccc(Oc4cccc(N)c4)cc3)cc2)c1.Nc1cccc(Oc2cccc(Oc3cccc(N)c3)c2)c1.Nc1cccc(S(=O)(=O)c2cccc(N)c2)c1. The lowest BCUT2D eigenvalue weighted by atomic mass is 10.3. The van der Waals surface area contributed by atoms with Crippen molar-refractivity contribution in [3.63, 3.8) is 0 Å². The highest BCUT2D eigenvalue weighted by Gasteiger charge is 2.21. The molecule has 0 saturated heterocycles. The highest BCUT2D eigenvalue weighted by Crippen LogP contribution is 2.35. The Kier molecular flexibility index (Phi) is 26.9. The summed E-state index contributed by atoms with van der Waals surface area (Å²) in [4.78, 5) is 1.01. The molecule has 0 spiro atoms. The van der Waals surface area contributed by atoms with Crippen LogP contribution in [0.25, 0.3) is 0 Å². The first-order chi connectivity index (χ1) is 55.7. The van der Waals surface area contributed by atoms with Crippen molar-refractivity contribution >= 4 is 86.4 Å². The predicted molar refractivity (Wildman–Crippen MR) is 458 cm³/mol. The molecule has 0 aliphatic rings. The third kappa shape index (κ3) is 23.9. The molecular weight excluding hydrogens is 1530 g/mol. The highest BCUT2D eigenvalue weighted by atomic mass is 32.2. The number of rotatable bonds is 20. The molecule has 0 aromatic heterocycles. The molecule has 0 fully saturated rings. The lowest BCUT2D eigenvalue weighted by molar-refractivity contribution is 0.460. The number of hydrogen-bond donors (Lipinski definition) is 10. The van der Waals surface area contributed by atoms with Gasteiger partial charge in [-0.15, -0.1) is 0 Å². The third-order valence-electron chi connectivity index (χ3n) is 16.3. The smallest absolute Gasteiger partial charge is 0.206 e. The van der Waals surface area contributed by atoms with Crippen molar-refractivity contribution in [3.8, 4) is 80.5 Å². The Morgan fingerprint density at radius 2 is 0.293 bits per heavy atom. The minimum atomic E-state index is -3.68. The van der Waals surface area contributed by atoms with Crippen LogP contribution >= 0.6 is 0 Å². The maximum absolute atomic E-state index is 12.9. The van der Waals surface area contributed by atoms with E-state index in [0.29, 0.717) is 120 Å². The molecule has 0 saturated carbocycles. The molecule has 586 valence electrons. The van der Waals surface area contributed by atoms with Gasteiger partial charge in [0.25, 0.3) is 0 Å². The van der Waals surface area contributed by atoms with Crippen LogP contribution in [-0.2, 0) is 29.5 Å². The molecule has 15 aromatic rings. The second-order valence-corrected chi connectivity index (χ2v) is 31.1. The van der Waals surface area contributed by atoms with Crippen LogP contribution in [0, 0.1) is 0 Å². The zero-order chi connectivity index (χ0) is 82.2. The van der Waals surface area contributed by atoms with Gasteiger partial charge in [0, 0.05) is 93.3 Å². The minimum absolute atomic E-state index is 0.164. The van der Waals surface area contributed by atoms with Crippen LogP contribution in [0.5, 0.6) is 80.5 Å². The van der Waals surface area contributed by atoms with Gasteiger partial charge < -0.3 is 90.5 Å². The highest BCUT2D eigenvalue weighted by molar-refractivity contribution is 7.92. The van der Waals surface area contributed by atoms with E-state index >= 15 is 0 Å². The van der Waals surface area contributed by atoms with Gasteiger partial charge >= 0.3 is 0 Å². The first-order valence-corrected chi connectivity index (χ1v) is 39.7. The van der Waals surface area contributed by atoms with Crippen LogP contribution in [0.2, 0.25) is 0 Å². The Labute approximate surface area is 671 Å². The first kappa shape index (κ1) is 81.7. The van der Waals surface area contributed by atoms with E-state index in [4.69, 9.17) is 90.5 Å². The van der Waals surface area contributed by atoms with Crippen molar-refractivity contribution in [3.05, 3.63) is 364 Å². The Morgan fingerprint density at radius 3 is 0.500 bits per heavy atom. The van der Waals surface area contributed by atoms with Gasteiger partial charge in [0.05, 0.1) is 29.4 Å². The molecule has 0 heterocycles. The molecule has 26 heteroatoms. The summed E-state index contributed by atoms with van der Waals surface area (Å²) in [6, 6.07) is 102. The standard InChI is InChI=1S/2C24H20N2O4S.C18H16N2O2.C12H12N2O2S.C12H12N2O/c25-17-1-5-19(6-2-17)29-21-9-13-23(14-10-21)31(27,28)24-15-11-22(12-16-24)30-20-7-3-18(26)4-8-20;25-17-3-1-5-21(15-17)29-19-7-11-23(12-8-19)31(27,28)24-13-9-20(10-14-24)30-22-6-2-4-18(26)16-22;19-13-4-1-6-15(10-13)21-17-8-3-9-18(12-17)22-16-7-2-5-14(20)11-16;13-9-3-1-5-11(7-9)17(15,16)12-6-2-4-10(14)8-12;13-9-4-6-11(7-5-9)15-12-3-1-2-10(14)8-12/h2*1-16H,25-26H2;1-12H,19-20H2;1-8H,13-14H2;1-8H,13-14H2. The van der Waals surface area contributed by atoms with Gasteiger partial charge in [-0.1, -0.05) is 48.5 Å². The van der Waals surface area contributed by atoms with Crippen molar-refractivity contribution in [1.82, 2.24) is 0 Å². The van der Waals surface area contributed by atoms with Crippen LogP contribution in [0.15, 0.2) is 393 Å². The maximum Gasteiger partial charge on any atom is 0.206 e. The van der Waals surface area contributed by atoms with Gasteiger partial charge in [-0.3, -0.25) is 0 Å². The van der Waals surface area contributed by atoms with E-state index < -0.39 is 29.5 Å². The number of benzene rings is 15. The fourth-order valence-corrected chi connectivity index (χ4v) is 14.5. The Balaban J connectivity index is 0.000000147. The summed E-state index contributed by atoms with van der Waals surface area (Å²) in [7, 11) is -10.9. The Bertz CT molecular complexity index is 5850. The zero-order valence-electron chi connectivity index (χ0n) is 61.9. The zero-order valence-corrected chi connectivity index (χ0v) is 64.4. The van der Waals surface area contributed by atoms with Crippen LogP contribution in [0.1, 0.15) is 0 Å². The molecular formula is C90H80N10O13S3. The van der Waals surface area contributed by atoms with Gasteiger partial charge in [-0.25, -0.2) is 25.3 Å². The first-order valence-electron chi connectivity index (χ1n) is 35.3. The topological polar surface area (TPSA) is 427 Å². The summed E-state index contributed by atoms with van der Waals surface area (Å²) in [5, 5.41) is 0. The summed E-state index contributed by atoms with van der Waals surface area (Å²) < 4.78 is 116. The summed E-state index contributed by atoms with van der Waals surface area (Å²) in [6.45, 7) is 0. The van der Waals surface area contributed by atoms with Crippen LogP contribution in [-0.4, -0.2) is 25.3 Å². The van der Waals surface area contributed by atoms with Crippen LogP contribution in [0.3, 0.4) is 0 Å². The largest absolute Gasteiger partial charge is 0.457 e. The van der Waals surface area contributed by atoms with Crippen molar-refractivity contribution in [2.75, 3.05) is 57.3 Å². The van der Waals surface area contributed by atoms with Crippen LogP contribution < -0.4 is 90.5 Å². The molecule has 23 nitrogen and oxygen atoms in total. The average Bonchev–Trinajstić information content (AvgIpc) is 0.800. The van der Waals surface area contributed by atoms with E-state index in [9.17, 15) is 25.3 Å². The van der Waals surface area contributed by atoms with Crippen molar-refractivity contribution < 1.29 is 58.4 Å². The third-order valence-corrected chi connectivity index (χ3v) is 21.6. The van der Waals surface area contributed by atoms with Crippen LogP contribution in [0.4, 0.5) is 56.9 Å². The summed E-state index contributed by atoms with van der Waals surface area (Å²) in [5.74, 6) is 8.62. The van der Waals surface area contributed by atoms with E-state index in [-0.39, 0.29) is 29.4 Å². The van der Waals surface area contributed by atoms with Gasteiger partial charge in [0.1, 0.15) is 80.5 Å². The normalized spacial score (nSPS) is 10.8. The van der Waals surface area contributed by atoms with Gasteiger partial charge in [-0.2, -0.15) is 0 Å². The lowest BCUT2D eigenvalue weighted by Gasteiger charge is -2.10. The minimum Gasteiger partial charge on any atom is -0.457 e. The Morgan fingerprint density at radius 1 is 0.138 bits per heavy atom. The number of ether oxygens (including phenoxy) is 7. The van der Waals surface area contributed by atoms with Gasteiger partial charge in [0.15, 0.2) is 0 Å². The van der Waals surface area contributed by atoms with Crippen molar-refractivity contribution in [2.45, 2.75) is 29.4 Å². The number of hydrogen-bond acceptors (Lipinski definition) is 23. The quantitative estimate of drug-likeness (QED) is 0.0317. The molecule has 20 N–H and O–H groups in total. The number of sulfone groups is 3. The second kappa shape index (κ2) is 38.1. The van der Waals surface area contributed by atoms with E-state index in [2.05, 4.69) is 0 Å². The fourth-order valence-electron chi connectivity index (χ4n) is 10.6. The molecule has 0 radical (unpaired) electrons. The molecule has 0 bridgehead atoms. The molecule has 0 unspecified atom stereocenters. The van der Waals surface area contributed by atoms with E-state index in [1.165, 1.54) is 72.8 Å². The average molecular weight is 1610 g/mol. The van der Waals surface area contributed by atoms with Crippen molar-refractivity contribution in [2.24, 2.45) is 0 Å². The molecule has 0 aliphatic carbocycles. The summed E-state index contributed by atoms with van der Waals surface area (Å²) >= 11 is 0. The maximum atomic E-state index is 12.9. The molecule has 116 heavy (non-hydrogen) atoms. The molecule has 0 aliphatic heterocycles. The lowest BCUT2D eigenvalue weighted by Crippen LogP contribution is -2.03. The number of nitrogen functional groups attached to an aromatic ring is 10. The van der Waals surface area contributed by atoms with Gasteiger partial charge in [0.2, 0.25) is 29.5 Å². The van der Waals surface area contributed by atoms with Crippen molar-refractivity contribution in [1.29, 1.82) is 0 Å². The second-order valence-electron chi connectivity index (χ2n) is 25.3. The molecule has 0 amide bonds. The van der Waals surface area contributed by atoms with Gasteiger partial charge in [-0.05, 0) is 279 Å². The predicted octanol–water partition coefficient (Wildman–Crippen LogP) is 19.3. The summed E-state index contributed by atoms with van der Waals surface area (Å²) in [6.07, 6.45) is 0. The van der Waals surface area contributed by atoms with E-state index in [1.54, 1.807) is 200 Å². The molecule has 15 rings (SSSR count). The molecule has 0 atom stereocenters. The monoisotopic (exact) mass is 1600 g/mol. The Hall–Kier alpha value is -15.3. The van der Waals surface area contributed by atoms with E-state index in [1.807, 2.05) is 91.0 Å². The fraction of sp³-hybridized carbons (Fsp3) is 0. The molecule has 15 aromatic carbocycles.